The second kappa shape index (κ2) is 5.72. The Bertz CT molecular complexity index is 527. The van der Waals surface area contributed by atoms with Gasteiger partial charge in [-0.25, -0.2) is 4.98 Å². The minimum atomic E-state index is -0.0699. The minimum Gasteiger partial charge on any atom is -0.443 e. The normalized spacial score (nSPS) is 12.5. The van der Waals surface area contributed by atoms with Gasteiger partial charge in [0.15, 0.2) is 12.0 Å². The lowest BCUT2D eigenvalue weighted by molar-refractivity contribution is 0.303. The molecule has 0 unspecified atom stereocenters. The van der Waals surface area contributed by atoms with Crippen LogP contribution in [0.4, 0.5) is 0 Å². The van der Waals surface area contributed by atoms with Crippen LogP contribution in [-0.4, -0.2) is 29.0 Å². The molecule has 0 bridgehead atoms. The largest absolute Gasteiger partial charge is 0.443 e. The molecule has 104 valence electrons. The molecular weight excluding hydrogens is 238 g/mol. The van der Waals surface area contributed by atoms with Crippen LogP contribution in [0, 0.1) is 0 Å². The Balaban J connectivity index is 1.86. The molecule has 0 spiro atoms. The average Bonchev–Trinajstić information content (AvgIpc) is 2.74. The van der Waals surface area contributed by atoms with Gasteiger partial charge in [-0.3, -0.25) is 0 Å². The molecular formula is C15H23N3O. The molecule has 1 heterocycles. The smallest absolute Gasteiger partial charge is 0.181 e. The first-order chi connectivity index (χ1) is 8.94. The maximum Gasteiger partial charge on any atom is 0.181 e. The van der Waals surface area contributed by atoms with Crippen molar-refractivity contribution in [3.63, 3.8) is 0 Å². The van der Waals surface area contributed by atoms with E-state index in [-0.39, 0.29) is 5.54 Å². The molecule has 4 nitrogen and oxygen atoms in total. The molecule has 0 saturated carbocycles. The molecule has 0 amide bonds. The lowest BCUT2D eigenvalue weighted by Crippen LogP contribution is -2.33. The molecule has 2 rings (SSSR count). The van der Waals surface area contributed by atoms with Crippen LogP contribution >= 0.6 is 0 Å². The fourth-order valence-electron chi connectivity index (χ4n) is 2.19. The van der Waals surface area contributed by atoms with Crippen LogP contribution in [0.5, 0.6) is 0 Å². The first kappa shape index (κ1) is 14.0. The van der Waals surface area contributed by atoms with Crippen molar-refractivity contribution in [3.8, 4) is 0 Å². The summed E-state index contributed by atoms with van der Waals surface area (Å²) in [5.41, 5.74) is 8.93. The third kappa shape index (κ3) is 4.33. The third-order valence-electron chi connectivity index (χ3n) is 3.21. The van der Waals surface area contributed by atoms with Gasteiger partial charge in [-0.05, 0) is 58.0 Å². The van der Waals surface area contributed by atoms with E-state index in [1.807, 2.05) is 6.07 Å². The molecule has 1 aromatic carbocycles. The van der Waals surface area contributed by atoms with Crippen molar-refractivity contribution >= 4 is 11.1 Å². The number of fused-ring (bicyclic) bond motifs is 1. The Kier molecular flexibility index (Phi) is 4.22. The maximum absolute atomic E-state index is 5.99. The van der Waals surface area contributed by atoms with Crippen LogP contribution < -0.4 is 5.73 Å². The summed E-state index contributed by atoms with van der Waals surface area (Å²) in [5.74, 6) is 0. The van der Waals surface area contributed by atoms with E-state index in [4.69, 9.17) is 10.2 Å². The molecule has 0 aliphatic carbocycles. The van der Waals surface area contributed by atoms with Crippen LogP contribution in [0.15, 0.2) is 29.0 Å². The molecule has 0 aliphatic rings. The number of aromatic nitrogens is 1. The molecule has 4 heteroatoms. The second-order valence-electron chi connectivity index (χ2n) is 5.98. The molecule has 0 radical (unpaired) electrons. The maximum atomic E-state index is 5.99. The highest BCUT2D eigenvalue weighted by atomic mass is 16.3. The average molecular weight is 261 g/mol. The number of rotatable bonds is 6. The second-order valence-corrected chi connectivity index (χ2v) is 5.98. The summed E-state index contributed by atoms with van der Waals surface area (Å²) >= 11 is 0. The Morgan fingerprint density at radius 2 is 2.16 bits per heavy atom. The van der Waals surface area contributed by atoms with Gasteiger partial charge in [0.1, 0.15) is 5.52 Å². The van der Waals surface area contributed by atoms with E-state index in [1.165, 1.54) is 12.0 Å². The first-order valence-electron chi connectivity index (χ1n) is 6.74. The fraction of sp³-hybridized carbons (Fsp3) is 0.533. The summed E-state index contributed by atoms with van der Waals surface area (Å²) < 4.78 is 5.32. The summed E-state index contributed by atoms with van der Waals surface area (Å²) in [6.45, 7) is 6.12. The molecule has 2 N–H and O–H groups in total. The lowest BCUT2D eigenvalue weighted by atomic mass is 10.00. The fourth-order valence-corrected chi connectivity index (χ4v) is 2.19. The first-order valence-corrected chi connectivity index (χ1v) is 6.74. The van der Waals surface area contributed by atoms with E-state index in [0.29, 0.717) is 0 Å². The highest BCUT2D eigenvalue weighted by Gasteiger charge is 2.10. The van der Waals surface area contributed by atoms with Crippen LogP contribution in [0.25, 0.3) is 11.1 Å². The number of hydrogen-bond donors (Lipinski definition) is 1. The van der Waals surface area contributed by atoms with Crippen molar-refractivity contribution in [2.75, 3.05) is 13.6 Å². The van der Waals surface area contributed by atoms with Gasteiger partial charge < -0.3 is 15.1 Å². The predicted molar refractivity (Wildman–Crippen MR) is 77.8 cm³/mol. The Hall–Kier alpha value is -1.39. The number of benzene rings is 1. The third-order valence-corrected chi connectivity index (χ3v) is 3.21. The van der Waals surface area contributed by atoms with E-state index < -0.39 is 0 Å². The van der Waals surface area contributed by atoms with Gasteiger partial charge in [-0.15, -0.1) is 0 Å². The van der Waals surface area contributed by atoms with E-state index in [9.17, 15) is 0 Å². The van der Waals surface area contributed by atoms with E-state index in [0.717, 1.165) is 37.0 Å². The zero-order valence-corrected chi connectivity index (χ0v) is 12.0. The van der Waals surface area contributed by atoms with E-state index in [2.05, 4.69) is 42.9 Å². The van der Waals surface area contributed by atoms with Gasteiger partial charge in [-0.1, -0.05) is 6.07 Å². The van der Waals surface area contributed by atoms with Gasteiger partial charge in [0.05, 0.1) is 0 Å². The van der Waals surface area contributed by atoms with Crippen molar-refractivity contribution in [2.45, 2.75) is 38.8 Å². The number of hydrogen-bond acceptors (Lipinski definition) is 4. The number of nitrogens with zero attached hydrogens (tertiary/aromatic N) is 2. The van der Waals surface area contributed by atoms with Gasteiger partial charge in [-0.2, -0.15) is 0 Å². The summed E-state index contributed by atoms with van der Waals surface area (Å²) in [5, 5.41) is 0. The zero-order chi connectivity index (χ0) is 13.9. The van der Waals surface area contributed by atoms with Gasteiger partial charge in [0, 0.05) is 12.1 Å². The monoisotopic (exact) mass is 261 g/mol. The predicted octanol–water partition coefficient (Wildman–Crippen LogP) is 2.78. The highest BCUT2D eigenvalue weighted by Crippen LogP contribution is 2.16. The van der Waals surface area contributed by atoms with Crippen molar-refractivity contribution in [1.82, 2.24) is 9.88 Å². The Labute approximate surface area is 114 Å². The Morgan fingerprint density at radius 1 is 1.37 bits per heavy atom. The van der Waals surface area contributed by atoms with Crippen molar-refractivity contribution in [1.29, 1.82) is 0 Å². The SMILES string of the molecule is CN(CCCC(C)(C)N)Cc1ccc2ncoc2c1. The van der Waals surface area contributed by atoms with Crippen LogP contribution in [0.3, 0.4) is 0 Å². The summed E-state index contributed by atoms with van der Waals surface area (Å²) in [7, 11) is 2.13. The minimum absolute atomic E-state index is 0.0699. The van der Waals surface area contributed by atoms with Crippen LogP contribution in [-0.2, 0) is 6.54 Å². The lowest BCUT2D eigenvalue weighted by Gasteiger charge is -2.21. The topological polar surface area (TPSA) is 55.3 Å². The summed E-state index contributed by atoms with van der Waals surface area (Å²) in [6, 6.07) is 6.17. The number of nitrogens with two attached hydrogens (primary N) is 1. The molecule has 0 atom stereocenters. The molecule has 0 saturated heterocycles. The van der Waals surface area contributed by atoms with Crippen molar-refractivity contribution in [2.24, 2.45) is 5.73 Å². The van der Waals surface area contributed by atoms with E-state index in [1.54, 1.807) is 0 Å². The van der Waals surface area contributed by atoms with Crippen LogP contribution in [0.1, 0.15) is 32.3 Å². The molecule has 0 fully saturated rings. The molecule has 0 aliphatic heterocycles. The van der Waals surface area contributed by atoms with E-state index >= 15 is 0 Å². The van der Waals surface area contributed by atoms with Crippen LogP contribution in [0.2, 0.25) is 0 Å². The molecule has 19 heavy (non-hydrogen) atoms. The van der Waals surface area contributed by atoms with Gasteiger partial charge >= 0.3 is 0 Å². The Morgan fingerprint density at radius 3 is 2.89 bits per heavy atom. The van der Waals surface area contributed by atoms with Crippen molar-refractivity contribution < 1.29 is 4.42 Å². The number of oxazole rings is 1. The van der Waals surface area contributed by atoms with Crippen molar-refractivity contribution in [3.05, 3.63) is 30.2 Å². The standard InChI is InChI=1S/C15H23N3O/c1-15(2,16)7-4-8-18(3)10-12-5-6-13-14(9-12)19-11-17-13/h5-6,9,11H,4,7-8,10,16H2,1-3H3. The summed E-state index contributed by atoms with van der Waals surface area (Å²) in [4.78, 5) is 6.43. The zero-order valence-electron chi connectivity index (χ0n) is 12.0. The quantitative estimate of drug-likeness (QED) is 0.868. The highest BCUT2D eigenvalue weighted by molar-refractivity contribution is 5.72. The van der Waals surface area contributed by atoms with Gasteiger partial charge in [0.2, 0.25) is 0 Å². The molecule has 2 aromatic rings. The molecule has 1 aromatic heterocycles. The van der Waals surface area contributed by atoms with Gasteiger partial charge in [0.25, 0.3) is 0 Å². The summed E-state index contributed by atoms with van der Waals surface area (Å²) in [6.07, 6.45) is 3.64.